The number of aliphatic hydroxyl groups excluding tert-OH is 1. The van der Waals surface area contributed by atoms with Gasteiger partial charge in [0.05, 0.1) is 12.4 Å². The van der Waals surface area contributed by atoms with Crippen LogP contribution < -0.4 is 5.32 Å². The number of hydrogen-bond donors (Lipinski definition) is 2. The molecule has 0 saturated heterocycles. The number of anilines is 1. The molecule has 0 heterocycles. The molecule has 1 unspecified atom stereocenters. The average Bonchev–Trinajstić information content (AvgIpc) is 2.26. The summed E-state index contributed by atoms with van der Waals surface area (Å²) in [5.41, 5.74) is 0.690. The van der Waals surface area contributed by atoms with Gasteiger partial charge in [0.25, 0.3) is 0 Å². The largest absolute Gasteiger partial charge is 0.395 e. The zero-order chi connectivity index (χ0) is 12.0. The van der Waals surface area contributed by atoms with Crippen molar-refractivity contribution in [2.75, 3.05) is 17.7 Å². The summed E-state index contributed by atoms with van der Waals surface area (Å²) >= 11 is 7.20. The van der Waals surface area contributed by atoms with Crippen LogP contribution in [0.2, 0.25) is 5.02 Å². The Bertz CT molecular complexity index is 360. The number of benzene rings is 1. The Labute approximate surface area is 104 Å². The van der Waals surface area contributed by atoms with Crippen molar-refractivity contribution in [1.82, 2.24) is 0 Å². The summed E-state index contributed by atoms with van der Waals surface area (Å²) in [6.45, 7) is 1.95. The van der Waals surface area contributed by atoms with Crippen LogP contribution in [0.3, 0.4) is 0 Å². The van der Waals surface area contributed by atoms with Gasteiger partial charge in [-0.15, -0.1) is 11.8 Å². The minimum atomic E-state index is -0.0902. The first-order chi connectivity index (χ1) is 7.61. The van der Waals surface area contributed by atoms with Gasteiger partial charge in [-0.3, -0.25) is 4.79 Å². The number of carbonyl (C=O) groups excluding carboxylic acids is 1. The lowest BCUT2D eigenvalue weighted by atomic mass is 10.3. The summed E-state index contributed by atoms with van der Waals surface area (Å²) in [6, 6.07) is 7.00. The minimum absolute atomic E-state index is 0.0742. The molecule has 0 radical (unpaired) electrons. The Balaban J connectivity index is 2.40. The lowest BCUT2D eigenvalue weighted by molar-refractivity contribution is -0.113. The summed E-state index contributed by atoms with van der Waals surface area (Å²) in [5, 5.41) is 12.2. The van der Waals surface area contributed by atoms with Gasteiger partial charge in [-0.05, 0) is 18.2 Å². The van der Waals surface area contributed by atoms with Crippen molar-refractivity contribution in [3.8, 4) is 0 Å². The fraction of sp³-hybridized carbons (Fsp3) is 0.364. The summed E-state index contributed by atoms with van der Waals surface area (Å²) in [6.07, 6.45) is 0. The number of thioether (sulfide) groups is 1. The third-order valence-electron chi connectivity index (χ3n) is 1.86. The van der Waals surface area contributed by atoms with E-state index in [1.807, 2.05) is 6.92 Å². The molecule has 1 aromatic carbocycles. The highest BCUT2D eigenvalue weighted by Crippen LogP contribution is 2.16. The summed E-state index contributed by atoms with van der Waals surface area (Å²) in [4.78, 5) is 11.5. The molecule has 0 spiro atoms. The van der Waals surface area contributed by atoms with Gasteiger partial charge in [-0.1, -0.05) is 24.6 Å². The van der Waals surface area contributed by atoms with Crippen molar-refractivity contribution in [3.05, 3.63) is 29.3 Å². The molecule has 0 aliphatic carbocycles. The summed E-state index contributed by atoms with van der Waals surface area (Å²) in [7, 11) is 0. The Hall–Kier alpha value is -0.710. The first kappa shape index (κ1) is 13.4. The molecular formula is C11H14ClNO2S. The molecule has 1 amide bonds. The van der Waals surface area contributed by atoms with Gasteiger partial charge in [0.1, 0.15) is 0 Å². The predicted octanol–water partition coefficient (Wildman–Crippen LogP) is 2.39. The maximum Gasteiger partial charge on any atom is 0.234 e. The number of halogens is 1. The highest BCUT2D eigenvalue weighted by molar-refractivity contribution is 8.00. The van der Waals surface area contributed by atoms with E-state index in [2.05, 4.69) is 5.32 Å². The van der Waals surface area contributed by atoms with Crippen molar-refractivity contribution < 1.29 is 9.90 Å². The van der Waals surface area contributed by atoms with Crippen LogP contribution in [0.5, 0.6) is 0 Å². The van der Waals surface area contributed by atoms with Crippen LogP contribution in [0.15, 0.2) is 24.3 Å². The van der Waals surface area contributed by atoms with E-state index in [9.17, 15) is 4.79 Å². The smallest absolute Gasteiger partial charge is 0.234 e. The van der Waals surface area contributed by atoms with E-state index in [1.165, 1.54) is 11.8 Å². The predicted molar refractivity (Wildman–Crippen MR) is 69.1 cm³/mol. The summed E-state index contributed by atoms with van der Waals surface area (Å²) in [5.74, 6) is 0.237. The Morgan fingerprint density at radius 2 is 2.38 bits per heavy atom. The molecule has 1 atom stereocenters. The Morgan fingerprint density at radius 3 is 3.00 bits per heavy atom. The monoisotopic (exact) mass is 259 g/mol. The highest BCUT2D eigenvalue weighted by Gasteiger charge is 2.06. The molecule has 1 rings (SSSR count). The molecule has 1 aromatic rings. The molecule has 0 aliphatic rings. The Kier molecular flexibility index (Phi) is 5.66. The molecule has 16 heavy (non-hydrogen) atoms. The van der Waals surface area contributed by atoms with E-state index >= 15 is 0 Å². The van der Waals surface area contributed by atoms with Crippen LogP contribution in [0, 0.1) is 0 Å². The van der Waals surface area contributed by atoms with E-state index in [4.69, 9.17) is 16.7 Å². The normalized spacial score (nSPS) is 12.2. The molecule has 2 N–H and O–H groups in total. The molecule has 0 aliphatic heterocycles. The zero-order valence-electron chi connectivity index (χ0n) is 8.94. The van der Waals surface area contributed by atoms with Gasteiger partial charge in [-0.2, -0.15) is 0 Å². The second-order valence-electron chi connectivity index (χ2n) is 3.36. The second kappa shape index (κ2) is 6.78. The van der Waals surface area contributed by atoms with Crippen LogP contribution in [0.25, 0.3) is 0 Å². The maximum absolute atomic E-state index is 11.5. The van der Waals surface area contributed by atoms with Gasteiger partial charge in [-0.25, -0.2) is 0 Å². The van der Waals surface area contributed by atoms with Gasteiger partial charge >= 0.3 is 0 Å². The molecule has 0 bridgehead atoms. The van der Waals surface area contributed by atoms with Crippen molar-refractivity contribution in [2.45, 2.75) is 12.2 Å². The minimum Gasteiger partial charge on any atom is -0.395 e. The quantitative estimate of drug-likeness (QED) is 0.854. The molecule has 3 nitrogen and oxygen atoms in total. The van der Waals surface area contributed by atoms with E-state index in [-0.39, 0.29) is 17.8 Å². The number of aliphatic hydroxyl groups is 1. The number of carbonyl (C=O) groups is 1. The van der Waals surface area contributed by atoms with Crippen molar-refractivity contribution in [3.63, 3.8) is 0 Å². The molecule has 0 aromatic heterocycles. The highest BCUT2D eigenvalue weighted by atomic mass is 35.5. The first-order valence-electron chi connectivity index (χ1n) is 4.89. The van der Waals surface area contributed by atoms with Crippen LogP contribution in [0.4, 0.5) is 5.69 Å². The van der Waals surface area contributed by atoms with Crippen LogP contribution in [-0.2, 0) is 4.79 Å². The third kappa shape index (κ3) is 4.88. The second-order valence-corrected chi connectivity index (χ2v) is 5.23. The first-order valence-corrected chi connectivity index (χ1v) is 6.32. The standard InChI is InChI=1S/C11H14ClNO2S/c1-8(6-14)16-7-11(15)13-10-4-2-3-9(12)5-10/h2-5,8,14H,6-7H2,1H3,(H,13,15). The zero-order valence-corrected chi connectivity index (χ0v) is 10.5. The molecule has 0 saturated carbocycles. The number of amides is 1. The molecular weight excluding hydrogens is 246 g/mol. The molecule has 88 valence electrons. The fourth-order valence-electron chi connectivity index (χ4n) is 1.03. The van der Waals surface area contributed by atoms with Crippen molar-refractivity contribution >= 4 is 35.0 Å². The third-order valence-corrected chi connectivity index (χ3v) is 3.25. The fourth-order valence-corrected chi connectivity index (χ4v) is 1.84. The van der Waals surface area contributed by atoms with Crippen LogP contribution in [0.1, 0.15) is 6.92 Å². The lowest BCUT2D eigenvalue weighted by Crippen LogP contribution is -2.16. The maximum atomic E-state index is 11.5. The van der Waals surface area contributed by atoms with E-state index in [1.54, 1.807) is 24.3 Å². The van der Waals surface area contributed by atoms with Gasteiger partial charge < -0.3 is 10.4 Å². The molecule has 0 fully saturated rings. The average molecular weight is 260 g/mol. The van der Waals surface area contributed by atoms with Gasteiger partial charge in [0.2, 0.25) is 5.91 Å². The van der Waals surface area contributed by atoms with Crippen LogP contribution in [-0.4, -0.2) is 28.6 Å². The van der Waals surface area contributed by atoms with E-state index in [0.29, 0.717) is 16.5 Å². The van der Waals surface area contributed by atoms with E-state index < -0.39 is 0 Å². The van der Waals surface area contributed by atoms with Gasteiger partial charge in [0, 0.05) is 16.0 Å². The SMILES string of the molecule is CC(CO)SCC(=O)Nc1cccc(Cl)c1. The van der Waals surface area contributed by atoms with Crippen LogP contribution >= 0.6 is 23.4 Å². The number of rotatable bonds is 5. The number of hydrogen-bond acceptors (Lipinski definition) is 3. The number of nitrogens with one attached hydrogen (secondary N) is 1. The van der Waals surface area contributed by atoms with Crippen molar-refractivity contribution in [1.29, 1.82) is 0 Å². The van der Waals surface area contributed by atoms with Gasteiger partial charge in [0.15, 0.2) is 0 Å². The van der Waals surface area contributed by atoms with E-state index in [0.717, 1.165) is 0 Å². The Morgan fingerprint density at radius 1 is 1.62 bits per heavy atom. The summed E-state index contributed by atoms with van der Waals surface area (Å²) < 4.78 is 0. The topological polar surface area (TPSA) is 49.3 Å². The molecule has 5 heteroatoms. The van der Waals surface area contributed by atoms with Crippen molar-refractivity contribution in [2.24, 2.45) is 0 Å². The lowest BCUT2D eigenvalue weighted by Gasteiger charge is -2.08.